The second kappa shape index (κ2) is 2.02. The van der Waals surface area contributed by atoms with Crippen LogP contribution in [0, 0.1) is 22.7 Å². The van der Waals surface area contributed by atoms with Gasteiger partial charge in [0.1, 0.15) is 23.5 Å². The molecule has 0 aliphatic carbocycles. The first kappa shape index (κ1) is 5.40. The molecule has 0 spiro atoms. The quantitative estimate of drug-likeness (QED) is 0.545. The van der Waals surface area contributed by atoms with Crippen molar-refractivity contribution in [1.82, 2.24) is 4.98 Å². The minimum atomic E-state index is 0.423. The number of H-pyrrole nitrogens is 1. The fourth-order valence-electron chi connectivity index (χ4n) is 0.526. The Morgan fingerprint density at radius 1 is 1.11 bits per heavy atom. The summed E-state index contributed by atoms with van der Waals surface area (Å²) < 4.78 is 0. The molecule has 0 saturated carbocycles. The van der Waals surface area contributed by atoms with Gasteiger partial charge in [-0.05, 0) is 12.1 Å². The number of hydrogen-bond donors (Lipinski definition) is 1. The zero-order chi connectivity index (χ0) is 6.69. The molecule has 0 atom stereocenters. The lowest BCUT2D eigenvalue weighted by molar-refractivity contribution is 1.28. The molecule has 9 heavy (non-hydrogen) atoms. The first-order chi connectivity index (χ1) is 4.36. The summed E-state index contributed by atoms with van der Waals surface area (Å²) in [5.41, 5.74) is 0.845. The van der Waals surface area contributed by atoms with Gasteiger partial charge in [-0.1, -0.05) is 0 Å². The average molecular weight is 117 g/mol. The van der Waals surface area contributed by atoms with E-state index < -0.39 is 0 Å². The molecule has 0 saturated heterocycles. The third-order valence-corrected chi connectivity index (χ3v) is 0.927. The maximum Gasteiger partial charge on any atom is 0.118 e. The number of hydrogen-bond acceptors (Lipinski definition) is 2. The third-order valence-electron chi connectivity index (χ3n) is 0.927. The van der Waals surface area contributed by atoms with Crippen LogP contribution >= 0.6 is 0 Å². The van der Waals surface area contributed by atoms with Gasteiger partial charge in [0.15, 0.2) is 0 Å². The summed E-state index contributed by atoms with van der Waals surface area (Å²) in [5, 5.41) is 16.5. The molecule has 0 aliphatic rings. The number of nitriles is 2. The van der Waals surface area contributed by atoms with E-state index in [1.807, 2.05) is 12.1 Å². The molecule has 0 radical (unpaired) electrons. The number of rotatable bonds is 0. The largest absolute Gasteiger partial charge is 0.338 e. The highest BCUT2D eigenvalue weighted by atomic mass is 14.7. The monoisotopic (exact) mass is 117 g/mol. The number of aromatic nitrogens is 1. The molecule has 0 amide bonds. The summed E-state index contributed by atoms with van der Waals surface area (Å²) in [6.07, 6.45) is 0. The summed E-state index contributed by atoms with van der Waals surface area (Å²) in [6.45, 7) is 0. The smallest absolute Gasteiger partial charge is 0.118 e. The molecular weight excluding hydrogens is 114 g/mol. The van der Waals surface area contributed by atoms with E-state index in [1.54, 1.807) is 12.1 Å². The molecule has 0 bridgehead atoms. The van der Waals surface area contributed by atoms with Gasteiger partial charge in [0.05, 0.1) is 0 Å². The van der Waals surface area contributed by atoms with Gasteiger partial charge in [0.2, 0.25) is 0 Å². The highest BCUT2D eigenvalue weighted by Gasteiger charge is 1.92. The first-order valence-electron chi connectivity index (χ1n) is 2.36. The predicted octanol–water partition coefficient (Wildman–Crippen LogP) is 0.758. The predicted molar refractivity (Wildman–Crippen MR) is 30.2 cm³/mol. The van der Waals surface area contributed by atoms with Crippen LogP contribution < -0.4 is 0 Å². The van der Waals surface area contributed by atoms with Crippen molar-refractivity contribution in [3.8, 4) is 12.1 Å². The number of nitrogens with one attached hydrogen (secondary N) is 1. The van der Waals surface area contributed by atoms with Gasteiger partial charge in [0, 0.05) is 0 Å². The Balaban J connectivity index is 3.08. The van der Waals surface area contributed by atoms with Crippen molar-refractivity contribution >= 4 is 0 Å². The average Bonchev–Trinajstić information content (AvgIpc) is 2.34. The Kier molecular flexibility index (Phi) is 1.21. The summed E-state index contributed by atoms with van der Waals surface area (Å²) in [5.74, 6) is 0. The van der Waals surface area contributed by atoms with Crippen LogP contribution in [0.5, 0.6) is 0 Å². The van der Waals surface area contributed by atoms with Crippen molar-refractivity contribution in [3.05, 3.63) is 23.5 Å². The van der Waals surface area contributed by atoms with Crippen molar-refractivity contribution in [2.45, 2.75) is 0 Å². The summed E-state index contributed by atoms with van der Waals surface area (Å²) in [6, 6.07) is 6.89. The summed E-state index contributed by atoms with van der Waals surface area (Å²) in [7, 11) is 0. The van der Waals surface area contributed by atoms with Crippen LogP contribution in [0.4, 0.5) is 0 Å². The molecule has 42 valence electrons. The van der Waals surface area contributed by atoms with E-state index in [0.29, 0.717) is 11.4 Å². The Hall–Kier alpha value is -1.74. The van der Waals surface area contributed by atoms with Crippen molar-refractivity contribution in [3.63, 3.8) is 0 Å². The lowest BCUT2D eigenvalue weighted by Crippen LogP contribution is -1.72. The van der Waals surface area contributed by atoms with Gasteiger partial charge in [-0.15, -0.1) is 0 Å². The van der Waals surface area contributed by atoms with Gasteiger partial charge in [-0.2, -0.15) is 10.5 Å². The molecule has 1 heterocycles. The zero-order valence-corrected chi connectivity index (χ0v) is 4.55. The zero-order valence-electron chi connectivity index (χ0n) is 4.55. The first-order valence-corrected chi connectivity index (χ1v) is 2.36. The van der Waals surface area contributed by atoms with Crippen LogP contribution in [0.3, 0.4) is 0 Å². The minimum Gasteiger partial charge on any atom is -0.338 e. The third kappa shape index (κ3) is 0.896. The van der Waals surface area contributed by atoms with Crippen molar-refractivity contribution in [2.75, 3.05) is 0 Å². The highest BCUT2D eigenvalue weighted by Crippen LogP contribution is 1.96. The Labute approximate surface area is 52.2 Å². The highest BCUT2D eigenvalue weighted by molar-refractivity contribution is 5.30. The van der Waals surface area contributed by atoms with Crippen LogP contribution in [0.15, 0.2) is 12.1 Å². The normalized spacial score (nSPS) is 7.78. The lowest BCUT2D eigenvalue weighted by Gasteiger charge is -1.72. The van der Waals surface area contributed by atoms with Crippen LogP contribution in [0.2, 0.25) is 0 Å². The van der Waals surface area contributed by atoms with E-state index >= 15 is 0 Å². The van der Waals surface area contributed by atoms with Crippen LogP contribution in [0.1, 0.15) is 11.4 Å². The molecule has 1 aromatic heterocycles. The Morgan fingerprint density at radius 2 is 1.56 bits per heavy atom. The molecule has 3 heteroatoms. The SMILES string of the molecule is N#Cc1ccc(C#N)[nH]1. The van der Waals surface area contributed by atoms with E-state index in [-0.39, 0.29) is 0 Å². The molecule has 1 aromatic rings. The summed E-state index contributed by atoms with van der Waals surface area (Å²) >= 11 is 0. The lowest BCUT2D eigenvalue weighted by atomic mass is 10.4. The molecule has 1 rings (SSSR count). The van der Waals surface area contributed by atoms with Crippen molar-refractivity contribution in [1.29, 1.82) is 10.5 Å². The van der Waals surface area contributed by atoms with Gasteiger partial charge >= 0.3 is 0 Å². The molecule has 0 aromatic carbocycles. The van der Waals surface area contributed by atoms with Crippen LogP contribution in [-0.2, 0) is 0 Å². The Bertz CT molecular complexity index is 255. The van der Waals surface area contributed by atoms with Crippen LogP contribution in [-0.4, -0.2) is 4.98 Å². The van der Waals surface area contributed by atoms with E-state index in [2.05, 4.69) is 4.98 Å². The second-order valence-electron chi connectivity index (χ2n) is 1.51. The van der Waals surface area contributed by atoms with Gasteiger partial charge < -0.3 is 4.98 Å². The number of aromatic amines is 1. The molecule has 3 nitrogen and oxygen atoms in total. The topological polar surface area (TPSA) is 63.4 Å². The molecule has 0 fully saturated rings. The second-order valence-corrected chi connectivity index (χ2v) is 1.51. The maximum atomic E-state index is 8.26. The van der Waals surface area contributed by atoms with E-state index in [9.17, 15) is 0 Å². The fraction of sp³-hybridized carbons (Fsp3) is 0. The number of nitrogens with zero attached hydrogens (tertiary/aromatic N) is 2. The van der Waals surface area contributed by atoms with Gasteiger partial charge in [0.25, 0.3) is 0 Å². The molecule has 0 aliphatic heterocycles. The molecule has 1 N–H and O–H groups in total. The van der Waals surface area contributed by atoms with E-state index in [4.69, 9.17) is 10.5 Å². The van der Waals surface area contributed by atoms with Crippen molar-refractivity contribution in [2.24, 2.45) is 0 Å². The minimum absolute atomic E-state index is 0.423. The fourth-order valence-corrected chi connectivity index (χ4v) is 0.526. The van der Waals surface area contributed by atoms with Gasteiger partial charge in [-0.3, -0.25) is 0 Å². The van der Waals surface area contributed by atoms with E-state index in [0.717, 1.165) is 0 Å². The standard InChI is InChI=1S/C6H3N3/c7-3-5-1-2-6(4-8)9-5/h1-2,9H. The summed E-state index contributed by atoms with van der Waals surface area (Å²) in [4.78, 5) is 2.59. The Morgan fingerprint density at radius 3 is 1.78 bits per heavy atom. The van der Waals surface area contributed by atoms with Crippen molar-refractivity contribution < 1.29 is 0 Å². The van der Waals surface area contributed by atoms with E-state index in [1.165, 1.54) is 0 Å². The maximum absolute atomic E-state index is 8.26. The molecule has 0 unspecified atom stereocenters. The van der Waals surface area contributed by atoms with Crippen LogP contribution in [0.25, 0.3) is 0 Å². The molecular formula is C6H3N3. The van der Waals surface area contributed by atoms with Gasteiger partial charge in [-0.25, -0.2) is 0 Å².